The van der Waals surface area contributed by atoms with Crippen LogP contribution in [-0.4, -0.2) is 15.0 Å². The van der Waals surface area contributed by atoms with Crippen LogP contribution >= 0.6 is 0 Å². The average Bonchev–Trinajstić information content (AvgIpc) is 2.49. The molecule has 5 heteroatoms. The molecule has 0 aliphatic heterocycles. The highest BCUT2D eigenvalue weighted by Gasteiger charge is 2.11. The van der Waals surface area contributed by atoms with Crippen molar-refractivity contribution in [1.82, 2.24) is 15.0 Å². The normalized spacial score (nSPS) is 10.2. The van der Waals surface area contributed by atoms with E-state index in [9.17, 15) is 4.39 Å². The molecule has 13 heavy (non-hydrogen) atoms. The number of nitriles is 1. The van der Waals surface area contributed by atoms with Crippen molar-refractivity contribution in [2.75, 3.05) is 0 Å². The van der Waals surface area contributed by atoms with Gasteiger partial charge in [-0.05, 0) is 12.1 Å². The van der Waals surface area contributed by atoms with Gasteiger partial charge in [-0.15, -0.1) is 5.10 Å². The molecule has 4 nitrogen and oxygen atoms in total. The number of nitrogens with zero attached hydrogens (tertiary/aromatic N) is 4. The van der Waals surface area contributed by atoms with E-state index >= 15 is 0 Å². The standard InChI is InChI=1S/C8H5FN4/c1-13-8-6(11-12-13)3-2-5(4-10)7(8)9/h2-3H,1H3. The van der Waals surface area contributed by atoms with Crippen LogP contribution in [0.25, 0.3) is 11.0 Å². The molecule has 0 spiro atoms. The summed E-state index contributed by atoms with van der Waals surface area (Å²) in [5.74, 6) is -0.562. The second-order valence-electron chi connectivity index (χ2n) is 2.62. The minimum atomic E-state index is -0.562. The van der Waals surface area contributed by atoms with Gasteiger partial charge in [-0.3, -0.25) is 0 Å². The van der Waals surface area contributed by atoms with Gasteiger partial charge in [0.25, 0.3) is 0 Å². The molecule has 0 aliphatic rings. The third-order valence-electron chi connectivity index (χ3n) is 1.83. The highest BCUT2D eigenvalue weighted by atomic mass is 19.1. The third-order valence-corrected chi connectivity index (χ3v) is 1.83. The molecule has 0 bridgehead atoms. The topological polar surface area (TPSA) is 54.5 Å². The van der Waals surface area contributed by atoms with Crippen molar-refractivity contribution in [3.8, 4) is 6.07 Å². The highest BCUT2D eigenvalue weighted by molar-refractivity contribution is 5.76. The number of aryl methyl sites for hydroxylation is 1. The Morgan fingerprint density at radius 3 is 3.00 bits per heavy atom. The predicted molar refractivity (Wildman–Crippen MR) is 43.2 cm³/mol. The number of fused-ring (bicyclic) bond motifs is 1. The summed E-state index contributed by atoms with van der Waals surface area (Å²) in [6.45, 7) is 0. The van der Waals surface area contributed by atoms with Gasteiger partial charge in [-0.1, -0.05) is 5.21 Å². The molecule has 0 aliphatic carbocycles. The Morgan fingerprint density at radius 1 is 1.54 bits per heavy atom. The molecular formula is C8H5FN4. The van der Waals surface area contributed by atoms with Crippen LogP contribution in [0.1, 0.15) is 5.56 Å². The van der Waals surface area contributed by atoms with Gasteiger partial charge in [0.05, 0.1) is 5.56 Å². The number of halogens is 1. The Hall–Kier alpha value is -1.96. The molecule has 2 aromatic rings. The van der Waals surface area contributed by atoms with Crippen LogP contribution in [0.5, 0.6) is 0 Å². The number of aromatic nitrogens is 3. The van der Waals surface area contributed by atoms with Crippen LogP contribution in [0, 0.1) is 17.1 Å². The lowest BCUT2D eigenvalue weighted by atomic mass is 10.2. The molecular weight excluding hydrogens is 171 g/mol. The van der Waals surface area contributed by atoms with Gasteiger partial charge < -0.3 is 0 Å². The second-order valence-corrected chi connectivity index (χ2v) is 2.62. The maximum atomic E-state index is 13.4. The minimum absolute atomic E-state index is 0.0119. The van der Waals surface area contributed by atoms with Crippen LogP contribution in [0.15, 0.2) is 12.1 Å². The summed E-state index contributed by atoms with van der Waals surface area (Å²) in [5, 5.41) is 15.9. The van der Waals surface area contributed by atoms with Crippen molar-refractivity contribution in [3.05, 3.63) is 23.5 Å². The summed E-state index contributed by atoms with van der Waals surface area (Å²) in [4.78, 5) is 0. The first kappa shape index (κ1) is 7.68. The van der Waals surface area contributed by atoms with E-state index in [0.29, 0.717) is 5.52 Å². The Morgan fingerprint density at radius 2 is 2.31 bits per heavy atom. The van der Waals surface area contributed by atoms with E-state index in [-0.39, 0.29) is 11.1 Å². The van der Waals surface area contributed by atoms with E-state index < -0.39 is 5.82 Å². The van der Waals surface area contributed by atoms with Crippen molar-refractivity contribution in [2.45, 2.75) is 0 Å². The molecule has 0 unspecified atom stereocenters. The van der Waals surface area contributed by atoms with Gasteiger partial charge in [0.15, 0.2) is 5.82 Å². The Balaban J connectivity index is 2.93. The molecule has 0 atom stereocenters. The minimum Gasteiger partial charge on any atom is -0.245 e. The maximum absolute atomic E-state index is 13.4. The summed E-state index contributed by atoms with van der Waals surface area (Å²) in [6, 6.07) is 4.73. The van der Waals surface area contributed by atoms with Crippen molar-refractivity contribution >= 4 is 11.0 Å². The largest absolute Gasteiger partial charge is 0.245 e. The Labute approximate surface area is 73.2 Å². The zero-order valence-electron chi connectivity index (χ0n) is 6.82. The number of hydrogen-bond acceptors (Lipinski definition) is 3. The fraction of sp³-hybridized carbons (Fsp3) is 0.125. The summed E-state index contributed by atoms with van der Waals surface area (Å²) >= 11 is 0. The van der Waals surface area contributed by atoms with Crippen molar-refractivity contribution in [3.63, 3.8) is 0 Å². The lowest BCUT2D eigenvalue weighted by Crippen LogP contribution is -1.94. The van der Waals surface area contributed by atoms with Gasteiger partial charge in [0.1, 0.15) is 17.1 Å². The zero-order chi connectivity index (χ0) is 9.42. The molecule has 2 rings (SSSR count). The SMILES string of the molecule is Cn1nnc2ccc(C#N)c(F)c21. The van der Waals surface area contributed by atoms with E-state index in [1.54, 1.807) is 19.2 Å². The molecule has 1 aromatic carbocycles. The molecule has 0 amide bonds. The fourth-order valence-corrected chi connectivity index (χ4v) is 1.19. The molecule has 1 aromatic heterocycles. The Bertz CT molecular complexity index is 509. The summed E-state index contributed by atoms with van der Waals surface area (Å²) in [7, 11) is 1.58. The van der Waals surface area contributed by atoms with Crippen LogP contribution in [0.2, 0.25) is 0 Å². The number of hydrogen-bond donors (Lipinski definition) is 0. The number of rotatable bonds is 0. The second kappa shape index (κ2) is 2.52. The maximum Gasteiger partial charge on any atom is 0.168 e. The van der Waals surface area contributed by atoms with Crippen LogP contribution in [-0.2, 0) is 7.05 Å². The van der Waals surface area contributed by atoms with Gasteiger partial charge in [-0.25, -0.2) is 9.07 Å². The summed E-state index contributed by atoms with van der Waals surface area (Å²) in [5.41, 5.74) is 0.732. The third kappa shape index (κ3) is 0.957. The van der Waals surface area contributed by atoms with Crippen molar-refractivity contribution in [1.29, 1.82) is 5.26 Å². The van der Waals surface area contributed by atoms with Crippen molar-refractivity contribution in [2.24, 2.45) is 7.05 Å². The van der Waals surface area contributed by atoms with Gasteiger partial charge in [-0.2, -0.15) is 5.26 Å². The van der Waals surface area contributed by atoms with E-state index in [1.165, 1.54) is 10.7 Å². The van der Waals surface area contributed by atoms with E-state index in [1.807, 2.05) is 0 Å². The van der Waals surface area contributed by atoms with E-state index in [0.717, 1.165) is 0 Å². The molecule has 0 fully saturated rings. The summed E-state index contributed by atoms with van der Waals surface area (Å²) in [6.07, 6.45) is 0. The monoisotopic (exact) mass is 176 g/mol. The molecule has 1 heterocycles. The molecule has 0 radical (unpaired) electrons. The smallest absolute Gasteiger partial charge is 0.168 e. The van der Waals surface area contributed by atoms with Gasteiger partial charge >= 0.3 is 0 Å². The zero-order valence-corrected chi connectivity index (χ0v) is 6.82. The van der Waals surface area contributed by atoms with Crippen molar-refractivity contribution < 1.29 is 4.39 Å². The number of benzene rings is 1. The summed E-state index contributed by atoms with van der Waals surface area (Å²) < 4.78 is 14.8. The average molecular weight is 176 g/mol. The first-order valence-corrected chi connectivity index (χ1v) is 3.62. The quantitative estimate of drug-likeness (QED) is 0.601. The van der Waals surface area contributed by atoms with E-state index in [2.05, 4.69) is 10.3 Å². The molecule has 64 valence electrons. The lowest BCUT2D eigenvalue weighted by Gasteiger charge is -1.95. The van der Waals surface area contributed by atoms with Crippen LogP contribution in [0.4, 0.5) is 4.39 Å². The fourth-order valence-electron chi connectivity index (χ4n) is 1.19. The van der Waals surface area contributed by atoms with Gasteiger partial charge in [0.2, 0.25) is 0 Å². The van der Waals surface area contributed by atoms with Crippen LogP contribution in [0.3, 0.4) is 0 Å². The molecule has 0 saturated carbocycles. The predicted octanol–water partition coefficient (Wildman–Crippen LogP) is 0.979. The first-order valence-electron chi connectivity index (χ1n) is 3.62. The highest BCUT2D eigenvalue weighted by Crippen LogP contribution is 2.17. The molecule has 0 saturated heterocycles. The van der Waals surface area contributed by atoms with E-state index in [4.69, 9.17) is 5.26 Å². The Kier molecular flexibility index (Phi) is 1.49. The van der Waals surface area contributed by atoms with Crippen LogP contribution < -0.4 is 0 Å². The molecule has 0 N–H and O–H groups in total. The first-order chi connectivity index (χ1) is 6.24. The van der Waals surface area contributed by atoms with Gasteiger partial charge in [0, 0.05) is 7.05 Å². The lowest BCUT2D eigenvalue weighted by molar-refractivity contribution is 0.619.